The molecule has 0 bridgehead atoms. The van der Waals surface area contributed by atoms with E-state index >= 15 is 0 Å². The van der Waals surface area contributed by atoms with Crippen molar-refractivity contribution in [3.63, 3.8) is 0 Å². The van der Waals surface area contributed by atoms with Crippen LogP contribution < -0.4 is 16.9 Å². The molecular weight excluding hydrogens is 508 g/mol. The van der Waals surface area contributed by atoms with Crippen molar-refractivity contribution in [2.24, 2.45) is 17.0 Å². The van der Waals surface area contributed by atoms with E-state index in [1.165, 1.54) is 25.3 Å². The number of aromatic nitrogens is 1. The van der Waals surface area contributed by atoms with Crippen molar-refractivity contribution in [3.8, 4) is 10.4 Å². The first-order chi connectivity index (χ1) is 17.7. The zero-order valence-electron chi connectivity index (χ0n) is 22.9. The Morgan fingerprint density at radius 2 is 1.87 bits per heavy atom. The van der Waals surface area contributed by atoms with E-state index in [1.807, 2.05) is 31.2 Å². The van der Waals surface area contributed by atoms with Gasteiger partial charge in [0.15, 0.2) is 0 Å². The summed E-state index contributed by atoms with van der Waals surface area (Å²) in [6, 6.07) is 7.57. The zero-order chi connectivity index (χ0) is 29.0. The van der Waals surface area contributed by atoms with Gasteiger partial charge in [-0.15, -0.1) is 11.3 Å². The number of nitrogens with two attached hydrogens (primary N) is 2. The Morgan fingerprint density at radius 3 is 2.32 bits per heavy atom. The molecule has 12 heteroatoms. The van der Waals surface area contributed by atoms with Crippen LogP contribution in [0.3, 0.4) is 0 Å². The number of carbonyl (C=O) groups excluding carboxylic acids is 4. The van der Waals surface area contributed by atoms with Gasteiger partial charge < -0.3 is 21.1 Å². The average molecular weight is 549 g/mol. The maximum Gasteiger partial charge on any atom is 0.287 e. The topological polar surface area (TPSA) is 172 Å². The molecule has 1 aromatic carbocycles. The second kappa shape index (κ2) is 15.2. The largest absolute Gasteiger partial charge is 0.391 e. The molecule has 2 aromatic rings. The van der Waals surface area contributed by atoms with E-state index in [-0.39, 0.29) is 35.3 Å². The van der Waals surface area contributed by atoms with Crippen LogP contribution in [0.4, 0.5) is 0 Å². The van der Waals surface area contributed by atoms with Gasteiger partial charge in [0.1, 0.15) is 5.69 Å². The highest BCUT2D eigenvalue weighted by Crippen LogP contribution is 2.29. The van der Waals surface area contributed by atoms with Crippen LogP contribution in [0.5, 0.6) is 0 Å². The van der Waals surface area contributed by atoms with Gasteiger partial charge in [0.25, 0.3) is 5.91 Å². The number of nitrogens with zero attached hydrogens (tertiary/aromatic N) is 3. The van der Waals surface area contributed by atoms with Crippen molar-refractivity contribution in [3.05, 3.63) is 41.0 Å². The fourth-order valence-corrected chi connectivity index (χ4v) is 4.21. The lowest BCUT2D eigenvalue weighted by Gasteiger charge is -2.22. The number of rotatable bonds is 6. The Bertz CT molecular complexity index is 1060. The minimum atomic E-state index is -0.333. The van der Waals surface area contributed by atoms with E-state index in [1.54, 1.807) is 10.4 Å². The third kappa shape index (κ3) is 11.4. The molecule has 1 saturated heterocycles. The fourth-order valence-electron chi connectivity index (χ4n) is 3.43. The standard InChI is InChI=1S/C14H16N4O2S.C10H19NO2.C2H5NO/c1-9(16-7-19)10-3-5-11(6-4-10)13-12(17-8-21-13)14(20)18(2)15;1-10(2,3)6-9(13)11-5-4-8(12)7-11;1-2(3)4/h3-9H,15H2,1-2H3,(H,16,19);8,12H,4-7H2,1-3H3;1H3,(H2,3,4). The highest BCUT2D eigenvalue weighted by atomic mass is 32.1. The first kappa shape index (κ1) is 32.7. The zero-order valence-corrected chi connectivity index (χ0v) is 23.7. The number of nitrogens with one attached hydrogen (secondary N) is 1. The van der Waals surface area contributed by atoms with E-state index in [9.17, 15) is 24.3 Å². The predicted octanol–water partition coefficient (Wildman–Crippen LogP) is 2.07. The Labute approximate surface area is 228 Å². The molecular formula is C26H40N6O5S. The Kier molecular flexibility index (Phi) is 13.0. The second-order valence-corrected chi connectivity index (χ2v) is 11.1. The lowest BCUT2D eigenvalue weighted by atomic mass is 9.92. The van der Waals surface area contributed by atoms with Crippen molar-refractivity contribution < 1.29 is 24.3 Å². The van der Waals surface area contributed by atoms with Crippen molar-refractivity contribution in [1.29, 1.82) is 0 Å². The van der Waals surface area contributed by atoms with Gasteiger partial charge in [0.05, 0.1) is 22.5 Å². The van der Waals surface area contributed by atoms with Crippen LogP contribution in [-0.4, -0.2) is 70.4 Å². The number of primary amides is 1. The van der Waals surface area contributed by atoms with E-state index in [2.05, 4.69) is 36.8 Å². The van der Waals surface area contributed by atoms with Gasteiger partial charge in [-0.1, -0.05) is 45.0 Å². The van der Waals surface area contributed by atoms with Crippen molar-refractivity contribution >= 4 is 35.5 Å². The number of thiazole rings is 1. The smallest absolute Gasteiger partial charge is 0.287 e. The van der Waals surface area contributed by atoms with Gasteiger partial charge in [0.2, 0.25) is 18.2 Å². The van der Waals surface area contributed by atoms with E-state index in [4.69, 9.17) is 5.84 Å². The average Bonchev–Trinajstić information content (AvgIpc) is 3.47. The van der Waals surface area contributed by atoms with Gasteiger partial charge >= 0.3 is 0 Å². The van der Waals surface area contributed by atoms with Crippen molar-refractivity contribution in [1.82, 2.24) is 20.2 Å². The van der Waals surface area contributed by atoms with Crippen molar-refractivity contribution in [2.75, 3.05) is 20.1 Å². The Morgan fingerprint density at radius 1 is 1.29 bits per heavy atom. The summed E-state index contributed by atoms with van der Waals surface area (Å²) in [5, 5.41) is 13.0. The molecule has 1 aromatic heterocycles. The minimum Gasteiger partial charge on any atom is -0.391 e. The summed E-state index contributed by atoms with van der Waals surface area (Å²) in [7, 11) is 1.49. The molecule has 11 nitrogen and oxygen atoms in total. The van der Waals surface area contributed by atoms with Crippen molar-refractivity contribution in [2.45, 2.75) is 59.6 Å². The van der Waals surface area contributed by atoms with Gasteiger partial charge in [-0.2, -0.15) is 0 Å². The number of carbonyl (C=O) groups is 4. The summed E-state index contributed by atoms with van der Waals surface area (Å²) in [6.45, 7) is 10.6. The SMILES string of the molecule is CC(C)(C)CC(=O)N1CCC(O)C1.CC(N)=O.CC(NC=O)c1ccc(-c2scnc2C(=O)N(C)N)cc1. The van der Waals surface area contributed by atoms with Gasteiger partial charge in [-0.3, -0.25) is 24.2 Å². The van der Waals surface area contributed by atoms with E-state index in [0.29, 0.717) is 25.1 Å². The van der Waals surface area contributed by atoms with Gasteiger partial charge in [-0.05, 0) is 29.9 Å². The van der Waals surface area contributed by atoms with Crippen LogP contribution in [-0.2, 0) is 14.4 Å². The molecule has 3 rings (SSSR count). The summed E-state index contributed by atoms with van der Waals surface area (Å²) in [5.74, 6) is 4.99. The molecule has 210 valence electrons. The molecule has 38 heavy (non-hydrogen) atoms. The van der Waals surface area contributed by atoms with Crippen LogP contribution in [0.2, 0.25) is 0 Å². The molecule has 6 N–H and O–H groups in total. The number of hydrogen-bond acceptors (Lipinski definition) is 8. The predicted molar refractivity (Wildman–Crippen MR) is 148 cm³/mol. The molecule has 2 unspecified atom stereocenters. The molecule has 1 fully saturated rings. The third-order valence-corrected chi connectivity index (χ3v) is 6.15. The van der Waals surface area contributed by atoms with Crippen LogP contribution >= 0.6 is 11.3 Å². The maximum absolute atomic E-state index is 12.0. The number of β-amino-alcohol motifs (C(OH)–C–C–N with tert-alkyl or cyclic N) is 1. The molecule has 0 spiro atoms. The number of aliphatic hydroxyl groups excluding tert-OH is 1. The van der Waals surface area contributed by atoms with Crippen LogP contribution in [0.1, 0.15) is 69.6 Å². The maximum atomic E-state index is 12.0. The lowest BCUT2D eigenvalue weighted by molar-refractivity contribution is -0.132. The molecule has 0 aliphatic carbocycles. The molecule has 1 aliphatic rings. The summed E-state index contributed by atoms with van der Waals surface area (Å²) in [5.41, 5.74) is 8.36. The number of benzene rings is 1. The first-order valence-corrected chi connectivity index (χ1v) is 13.0. The van der Waals surface area contributed by atoms with E-state index < -0.39 is 0 Å². The monoisotopic (exact) mass is 548 g/mol. The Hall–Kier alpha value is -3.35. The summed E-state index contributed by atoms with van der Waals surface area (Å²) in [6.07, 6.45) is 1.68. The van der Waals surface area contributed by atoms with Crippen LogP contribution in [0.15, 0.2) is 29.8 Å². The summed E-state index contributed by atoms with van der Waals surface area (Å²) < 4.78 is 0. The normalized spacial score (nSPS) is 15.3. The number of aliphatic hydroxyl groups is 1. The first-order valence-electron chi connectivity index (χ1n) is 12.1. The number of hydrogen-bond donors (Lipinski definition) is 4. The molecule has 0 saturated carbocycles. The van der Waals surface area contributed by atoms with Crippen LogP contribution in [0.25, 0.3) is 10.4 Å². The quantitative estimate of drug-likeness (QED) is 0.185. The van der Waals surface area contributed by atoms with Gasteiger partial charge in [0, 0.05) is 33.5 Å². The number of amides is 4. The Balaban J connectivity index is 0.000000361. The third-order valence-electron chi connectivity index (χ3n) is 5.28. The fraction of sp³-hybridized carbons (Fsp3) is 0.500. The molecule has 0 radical (unpaired) electrons. The molecule has 4 amide bonds. The number of hydrazine groups is 1. The van der Waals surface area contributed by atoms with Crippen LogP contribution in [0, 0.1) is 5.41 Å². The van der Waals surface area contributed by atoms with Gasteiger partial charge in [-0.25, -0.2) is 10.8 Å². The summed E-state index contributed by atoms with van der Waals surface area (Å²) >= 11 is 1.39. The molecule has 2 atom stereocenters. The highest BCUT2D eigenvalue weighted by Gasteiger charge is 2.27. The van der Waals surface area contributed by atoms with E-state index in [0.717, 1.165) is 34.0 Å². The molecule has 2 heterocycles. The number of likely N-dealkylation sites (tertiary alicyclic amines) is 1. The second-order valence-electron chi connectivity index (χ2n) is 10.2. The highest BCUT2D eigenvalue weighted by molar-refractivity contribution is 7.13. The molecule has 1 aliphatic heterocycles. The summed E-state index contributed by atoms with van der Waals surface area (Å²) in [4.78, 5) is 49.9. The lowest BCUT2D eigenvalue weighted by Crippen LogP contribution is -2.33. The minimum absolute atomic E-state index is 0.0463.